The van der Waals surface area contributed by atoms with E-state index in [0.29, 0.717) is 38.3 Å². The van der Waals surface area contributed by atoms with Crippen LogP contribution in [-0.4, -0.2) is 94.8 Å². The van der Waals surface area contributed by atoms with Gasteiger partial charge in [-0.05, 0) is 66.1 Å². The molecule has 1 aromatic heterocycles. The van der Waals surface area contributed by atoms with Crippen LogP contribution in [0.3, 0.4) is 0 Å². The zero-order chi connectivity index (χ0) is 27.6. The molecule has 0 bridgehead atoms. The van der Waals surface area contributed by atoms with E-state index in [1.165, 1.54) is 17.5 Å². The molecule has 3 aliphatic heterocycles. The van der Waals surface area contributed by atoms with Crippen LogP contribution in [0.1, 0.15) is 57.4 Å². The van der Waals surface area contributed by atoms with Crippen molar-refractivity contribution in [2.45, 2.75) is 77.7 Å². The van der Waals surface area contributed by atoms with E-state index >= 15 is 0 Å². The number of amides is 1. The van der Waals surface area contributed by atoms with Gasteiger partial charge in [-0.25, -0.2) is 4.79 Å². The maximum atomic E-state index is 12.8. The van der Waals surface area contributed by atoms with Gasteiger partial charge in [0.1, 0.15) is 18.0 Å². The predicted octanol–water partition coefficient (Wildman–Crippen LogP) is 3.95. The van der Waals surface area contributed by atoms with E-state index in [4.69, 9.17) is 19.4 Å². The Kier molecular flexibility index (Phi) is 8.28. The summed E-state index contributed by atoms with van der Waals surface area (Å²) in [5.41, 5.74) is 3.06. The Balaban J connectivity index is 1.35. The van der Waals surface area contributed by atoms with Gasteiger partial charge in [-0.2, -0.15) is 9.97 Å². The maximum Gasteiger partial charge on any atom is 0.410 e. The summed E-state index contributed by atoms with van der Waals surface area (Å²) in [4.78, 5) is 31.7. The first kappa shape index (κ1) is 27.6. The first-order valence-electron chi connectivity index (χ1n) is 14.4. The van der Waals surface area contributed by atoms with Gasteiger partial charge < -0.3 is 24.2 Å². The molecule has 39 heavy (non-hydrogen) atoms. The van der Waals surface area contributed by atoms with Crippen LogP contribution < -0.4 is 9.64 Å². The number of carbonyl (C=O) groups is 1. The summed E-state index contributed by atoms with van der Waals surface area (Å²) in [6.07, 6.45) is 2.99. The Hall–Kier alpha value is -2.91. The minimum absolute atomic E-state index is 0.00823. The molecule has 4 heterocycles. The topological polar surface area (TPSA) is 74.3 Å². The lowest BCUT2D eigenvalue weighted by Crippen LogP contribution is -2.55. The van der Waals surface area contributed by atoms with Crippen molar-refractivity contribution in [1.29, 1.82) is 0 Å². The Bertz CT molecular complexity index is 1140. The van der Waals surface area contributed by atoms with E-state index in [2.05, 4.69) is 59.0 Å². The molecular weight excluding hydrogens is 492 g/mol. The summed E-state index contributed by atoms with van der Waals surface area (Å²) < 4.78 is 11.9. The van der Waals surface area contributed by atoms with Gasteiger partial charge in [0.15, 0.2) is 0 Å². The number of hydrogen-bond acceptors (Lipinski definition) is 8. The lowest BCUT2D eigenvalue weighted by atomic mass is 10.0. The van der Waals surface area contributed by atoms with Gasteiger partial charge in [0.05, 0.1) is 5.69 Å². The molecule has 5 rings (SSSR count). The summed E-state index contributed by atoms with van der Waals surface area (Å²) in [7, 11) is 2.16. The minimum atomic E-state index is -0.509. The standard InChI is InChI=1S/C30H44N6O3/c1-22-18-35(16-17-36(22)29(37)39-30(2,3)4)27-25-13-15-34(19-23-10-7-6-8-11-23)20-26(25)31-28(32-27)38-21-24-12-9-14-33(24)5/h6-8,10-11,22,24H,9,12-21H2,1-5H3/t22-,24+/m1/s1. The van der Waals surface area contributed by atoms with Crippen LogP contribution >= 0.6 is 0 Å². The van der Waals surface area contributed by atoms with Crippen LogP contribution in [0, 0.1) is 0 Å². The second kappa shape index (κ2) is 11.7. The van der Waals surface area contributed by atoms with Gasteiger partial charge in [-0.15, -0.1) is 0 Å². The maximum absolute atomic E-state index is 12.8. The number of ether oxygens (including phenoxy) is 2. The molecule has 0 spiro atoms. The number of benzene rings is 1. The van der Waals surface area contributed by atoms with Crippen molar-refractivity contribution in [3.63, 3.8) is 0 Å². The van der Waals surface area contributed by atoms with E-state index in [1.54, 1.807) is 0 Å². The van der Waals surface area contributed by atoms with Gasteiger partial charge >= 0.3 is 12.1 Å². The third kappa shape index (κ3) is 6.81. The molecule has 9 nitrogen and oxygen atoms in total. The van der Waals surface area contributed by atoms with E-state index in [9.17, 15) is 4.79 Å². The molecule has 3 aliphatic rings. The highest BCUT2D eigenvalue weighted by atomic mass is 16.6. The Morgan fingerprint density at radius 2 is 1.87 bits per heavy atom. The highest BCUT2D eigenvalue weighted by Crippen LogP contribution is 2.31. The molecule has 0 unspecified atom stereocenters. The second-order valence-corrected chi connectivity index (χ2v) is 12.3. The first-order valence-corrected chi connectivity index (χ1v) is 14.4. The largest absolute Gasteiger partial charge is 0.462 e. The Morgan fingerprint density at radius 1 is 1.08 bits per heavy atom. The molecule has 212 valence electrons. The number of likely N-dealkylation sites (N-methyl/N-ethyl adjacent to an activating group) is 1. The quantitative estimate of drug-likeness (QED) is 0.550. The third-order valence-electron chi connectivity index (χ3n) is 7.98. The lowest BCUT2D eigenvalue weighted by Gasteiger charge is -2.42. The normalized spacial score (nSPS) is 22.6. The van der Waals surface area contributed by atoms with Crippen molar-refractivity contribution in [2.75, 3.05) is 51.3 Å². The summed E-state index contributed by atoms with van der Waals surface area (Å²) in [5, 5.41) is 0. The van der Waals surface area contributed by atoms with Crippen molar-refractivity contribution in [3.8, 4) is 6.01 Å². The van der Waals surface area contributed by atoms with E-state index in [-0.39, 0.29) is 12.1 Å². The molecule has 0 N–H and O–H groups in total. The fraction of sp³-hybridized carbons (Fsp3) is 0.633. The molecule has 9 heteroatoms. The molecular formula is C30H44N6O3. The summed E-state index contributed by atoms with van der Waals surface area (Å²) in [6.45, 7) is 14.1. The highest BCUT2D eigenvalue weighted by Gasteiger charge is 2.34. The van der Waals surface area contributed by atoms with Gasteiger partial charge in [-0.3, -0.25) is 4.90 Å². The molecule has 1 amide bonds. The number of likely N-dealkylation sites (tertiary alicyclic amines) is 1. The molecule has 0 aliphatic carbocycles. The number of piperazine rings is 1. The summed E-state index contributed by atoms with van der Waals surface area (Å²) >= 11 is 0. The fourth-order valence-electron chi connectivity index (χ4n) is 5.85. The van der Waals surface area contributed by atoms with Crippen LogP contribution in [0.25, 0.3) is 0 Å². The number of rotatable bonds is 6. The monoisotopic (exact) mass is 536 g/mol. The van der Waals surface area contributed by atoms with Crippen LogP contribution in [0.15, 0.2) is 30.3 Å². The molecule has 0 saturated carbocycles. The van der Waals surface area contributed by atoms with E-state index in [0.717, 1.165) is 50.5 Å². The van der Waals surface area contributed by atoms with Crippen molar-refractivity contribution in [1.82, 2.24) is 24.7 Å². The van der Waals surface area contributed by atoms with Gasteiger partial charge in [0, 0.05) is 56.9 Å². The summed E-state index contributed by atoms with van der Waals surface area (Å²) in [5.74, 6) is 0.963. The van der Waals surface area contributed by atoms with Crippen LogP contribution in [0.5, 0.6) is 6.01 Å². The fourth-order valence-corrected chi connectivity index (χ4v) is 5.85. The number of anilines is 1. The van der Waals surface area contributed by atoms with Gasteiger partial charge in [0.2, 0.25) is 0 Å². The first-order chi connectivity index (χ1) is 18.7. The summed E-state index contributed by atoms with van der Waals surface area (Å²) in [6, 6.07) is 11.5. The molecule has 0 radical (unpaired) electrons. The van der Waals surface area contributed by atoms with Crippen LogP contribution in [-0.2, 0) is 24.2 Å². The molecule has 2 atom stereocenters. The number of aromatic nitrogens is 2. The van der Waals surface area contributed by atoms with Crippen molar-refractivity contribution < 1.29 is 14.3 Å². The van der Waals surface area contributed by atoms with Crippen LogP contribution in [0.4, 0.5) is 10.6 Å². The van der Waals surface area contributed by atoms with E-state index < -0.39 is 5.60 Å². The van der Waals surface area contributed by atoms with Crippen LogP contribution in [0.2, 0.25) is 0 Å². The average Bonchev–Trinajstić information content (AvgIpc) is 3.30. The number of fused-ring (bicyclic) bond motifs is 1. The number of nitrogens with zero attached hydrogens (tertiary/aromatic N) is 6. The highest BCUT2D eigenvalue weighted by molar-refractivity contribution is 5.69. The third-order valence-corrected chi connectivity index (χ3v) is 7.98. The zero-order valence-electron chi connectivity index (χ0n) is 24.2. The predicted molar refractivity (Wildman–Crippen MR) is 152 cm³/mol. The zero-order valence-corrected chi connectivity index (χ0v) is 24.2. The number of hydrogen-bond donors (Lipinski definition) is 0. The minimum Gasteiger partial charge on any atom is -0.462 e. The molecule has 2 saturated heterocycles. The Labute approximate surface area is 233 Å². The van der Waals surface area contributed by atoms with Gasteiger partial charge in [0.25, 0.3) is 0 Å². The molecule has 1 aromatic carbocycles. The average molecular weight is 537 g/mol. The lowest BCUT2D eigenvalue weighted by molar-refractivity contribution is 0.0158. The van der Waals surface area contributed by atoms with E-state index in [1.807, 2.05) is 25.7 Å². The van der Waals surface area contributed by atoms with Crippen molar-refractivity contribution in [2.24, 2.45) is 0 Å². The molecule has 2 fully saturated rings. The van der Waals surface area contributed by atoms with Crippen molar-refractivity contribution >= 4 is 11.9 Å². The number of carbonyl (C=O) groups excluding carboxylic acids is 1. The molecule has 2 aromatic rings. The van der Waals surface area contributed by atoms with Gasteiger partial charge in [-0.1, -0.05) is 30.3 Å². The second-order valence-electron chi connectivity index (χ2n) is 12.3. The van der Waals surface area contributed by atoms with Crippen molar-refractivity contribution in [3.05, 3.63) is 47.2 Å². The SMILES string of the molecule is C[C@@H]1CN(c2nc(OC[C@@H]3CCCN3C)nc3c2CCN(Cc2ccccc2)C3)CCN1C(=O)OC(C)(C)C. The Morgan fingerprint density at radius 3 is 2.56 bits per heavy atom. The smallest absolute Gasteiger partial charge is 0.410 e.